The Kier molecular flexibility index (Phi) is 9.32. The first-order valence-corrected chi connectivity index (χ1v) is 14.0. The normalized spacial score (nSPS) is 17.5. The van der Waals surface area contributed by atoms with Crippen molar-refractivity contribution >= 4 is 11.7 Å². The van der Waals surface area contributed by atoms with Gasteiger partial charge in [-0.25, -0.2) is 8.78 Å². The van der Waals surface area contributed by atoms with Gasteiger partial charge in [0.2, 0.25) is 5.84 Å². The lowest BCUT2D eigenvalue weighted by molar-refractivity contribution is -0.0680. The van der Waals surface area contributed by atoms with Crippen molar-refractivity contribution in [3.05, 3.63) is 119 Å². The van der Waals surface area contributed by atoms with Crippen LogP contribution in [0.5, 0.6) is 11.5 Å². The quantitative estimate of drug-likeness (QED) is 0.201. The number of allylic oxidation sites excluding steroid dienone is 1. The SMILES string of the molecule is COc1ccc(CCCOc2ccc(CCN3C(C(F)(F)F)=NC4C=C(NC(=O)c5c(F)cccc5F)C=CC43)cc2)cc1. The first-order chi connectivity index (χ1) is 21.1. The van der Waals surface area contributed by atoms with E-state index in [0.717, 1.165) is 42.4 Å². The highest BCUT2D eigenvalue weighted by Gasteiger charge is 2.48. The molecule has 11 heteroatoms. The first-order valence-electron chi connectivity index (χ1n) is 14.0. The molecule has 6 nitrogen and oxygen atoms in total. The van der Waals surface area contributed by atoms with Crippen LogP contribution in [0.3, 0.4) is 0 Å². The van der Waals surface area contributed by atoms with Gasteiger partial charge >= 0.3 is 6.18 Å². The predicted molar refractivity (Wildman–Crippen MR) is 156 cm³/mol. The van der Waals surface area contributed by atoms with Gasteiger partial charge in [-0.1, -0.05) is 36.4 Å². The van der Waals surface area contributed by atoms with Crippen molar-refractivity contribution in [1.29, 1.82) is 0 Å². The summed E-state index contributed by atoms with van der Waals surface area (Å²) in [4.78, 5) is 17.5. The van der Waals surface area contributed by atoms with Gasteiger partial charge in [-0.05, 0) is 78.9 Å². The fourth-order valence-electron chi connectivity index (χ4n) is 5.16. The number of carbonyl (C=O) groups is 1. The van der Waals surface area contributed by atoms with Crippen LogP contribution in [0.25, 0.3) is 0 Å². The number of amidine groups is 1. The highest BCUT2D eigenvalue weighted by molar-refractivity contribution is 5.96. The van der Waals surface area contributed by atoms with Crippen LogP contribution in [0.4, 0.5) is 22.0 Å². The Balaban J connectivity index is 1.16. The van der Waals surface area contributed by atoms with Crippen LogP contribution < -0.4 is 14.8 Å². The highest BCUT2D eigenvalue weighted by atomic mass is 19.4. The third kappa shape index (κ3) is 7.27. The van der Waals surface area contributed by atoms with Crippen LogP contribution in [-0.4, -0.2) is 55.2 Å². The summed E-state index contributed by atoms with van der Waals surface area (Å²) in [6.07, 6.45) is 1.58. The molecule has 0 aromatic heterocycles. The molecule has 5 rings (SSSR count). The van der Waals surface area contributed by atoms with Crippen molar-refractivity contribution in [3.8, 4) is 11.5 Å². The minimum absolute atomic E-state index is 0.0435. The van der Waals surface area contributed by atoms with Crippen molar-refractivity contribution in [1.82, 2.24) is 10.2 Å². The Morgan fingerprint density at radius 3 is 2.20 bits per heavy atom. The van der Waals surface area contributed by atoms with Gasteiger partial charge in [-0.3, -0.25) is 9.79 Å². The molecule has 2 aliphatic rings. The maximum absolute atomic E-state index is 14.0. The summed E-state index contributed by atoms with van der Waals surface area (Å²) in [7, 11) is 1.62. The molecule has 44 heavy (non-hydrogen) atoms. The van der Waals surface area contributed by atoms with Crippen molar-refractivity contribution in [2.75, 3.05) is 20.3 Å². The molecule has 0 fully saturated rings. The highest BCUT2D eigenvalue weighted by Crippen LogP contribution is 2.32. The number of halogens is 5. The second-order valence-corrected chi connectivity index (χ2v) is 10.4. The molecular weight excluding hydrogens is 581 g/mol. The summed E-state index contributed by atoms with van der Waals surface area (Å²) in [5.41, 5.74) is 1.33. The number of fused-ring (bicyclic) bond motifs is 1. The van der Waals surface area contributed by atoms with Gasteiger partial charge < -0.3 is 19.7 Å². The number of alkyl halides is 3. The molecule has 230 valence electrons. The molecular formula is C33H30F5N3O3. The Morgan fingerprint density at radius 2 is 1.57 bits per heavy atom. The Bertz CT molecular complexity index is 1550. The van der Waals surface area contributed by atoms with Gasteiger partial charge in [0.05, 0.1) is 25.8 Å². The standard InChI is InChI=1S/C33H30F5N3O3/c1-43-24-12-7-21(8-13-24)4-3-19-44-25-14-9-22(10-15-25)17-18-41-29-16-11-23(20-28(29)40-32(41)33(36,37)38)39-31(42)30-26(34)5-2-6-27(30)35/h2,5-16,20,28-29H,3-4,17-19H2,1H3,(H,39,42). The lowest BCUT2D eigenvalue weighted by Gasteiger charge is -2.30. The molecule has 1 aliphatic heterocycles. The molecule has 2 unspecified atom stereocenters. The molecule has 3 aromatic rings. The molecule has 2 atom stereocenters. The van der Waals surface area contributed by atoms with E-state index in [1.54, 1.807) is 19.2 Å². The van der Waals surface area contributed by atoms with Crippen LogP contribution in [0.1, 0.15) is 27.9 Å². The summed E-state index contributed by atoms with van der Waals surface area (Å²) < 4.78 is 80.8. The molecule has 0 bridgehead atoms. The summed E-state index contributed by atoms with van der Waals surface area (Å²) in [5.74, 6) is -2.68. The zero-order valence-corrected chi connectivity index (χ0v) is 23.8. The number of aliphatic imine (C=N–C) groups is 1. The summed E-state index contributed by atoms with van der Waals surface area (Å²) >= 11 is 0. The third-order valence-electron chi connectivity index (χ3n) is 7.38. The number of methoxy groups -OCH3 is 1. The maximum atomic E-state index is 14.0. The lowest BCUT2D eigenvalue weighted by atomic mass is 10.0. The van der Waals surface area contributed by atoms with E-state index in [2.05, 4.69) is 10.3 Å². The minimum atomic E-state index is -4.69. The zero-order chi connectivity index (χ0) is 31.3. The van der Waals surface area contributed by atoms with E-state index in [1.165, 1.54) is 28.7 Å². The number of aryl methyl sites for hydroxylation is 1. The van der Waals surface area contributed by atoms with Crippen molar-refractivity contribution in [2.45, 2.75) is 37.5 Å². The van der Waals surface area contributed by atoms with Gasteiger partial charge in [0, 0.05) is 12.2 Å². The fourth-order valence-corrected chi connectivity index (χ4v) is 5.16. The molecule has 0 saturated heterocycles. The number of amides is 1. The van der Waals surface area contributed by atoms with Crippen LogP contribution >= 0.6 is 0 Å². The molecule has 0 radical (unpaired) electrons. The van der Waals surface area contributed by atoms with Gasteiger partial charge in [0.25, 0.3) is 5.91 Å². The smallest absolute Gasteiger partial charge is 0.449 e. The number of hydrogen-bond donors (Lipinski definition) is 1. The second kappa shape index (κ2) is 13.3. The summed E-state index contributed by atoms with van der Waals surface area (Å²) in [5, 5.41) is 2.36. The summed E-state index contributed by atoms with van der Waals surface area (Å²) in [6.45, 7) is 0.563. The van der Waals surface area contributed by atoms with Gasteiger partial charge in [-0.15, -0.1) is 0 Å². The Morgan fingerprint density at radius 1 is 0.932 bits per heavy atom. The predicted octanol–water partition coefficient (Wildman–Crippen LogP) is 6.42. The van der Waals surface area contributed by atoms with Crippen molar-refractivity contribution < 1.29 is 36.2 Å². The molecule has 0 spiro atoms. The monoisotopic (exact) mass is 611 g/mol. The number of ether oxygens (including phenoxy) is 2. The van der Waals surface area contributed by atoms with Crippen molar-refractivity contribution in [2.24, 2.45) is 4.99 Å². The molecule has 0 saturated carbocycles. The Hall–Kier alpha value is -4.67. The average Bonchev–Trinajstić information content (AvgIpc) is 3.37. The van der Waals surface area contributed by atoms with E-state index in [-0.39, 0.29) is 12.2 Å². The maximum Gasteiger partial charge on any atom is 0.449 e. The fraction of sp³-hybridized carbons (Fsp3) is 0.273. The van der Waals surface area contributed by atoms with Crippen LogP contribution in [-0.2, 0) is 12.8 Å². The lowest BCUT2D eigenvalue weighted by Crippen LogP contribution is -2.45. The number of nitrogens with one attached hydrogen (secondary N) is 1. The molecule has 3 aromatic carbocycles. The minimum Gasteiger partial charge on any atom is -0.497 e. The number of rotatable bonds is 11. The molecule has 1 heterocycles. The van der Waals surface area contributed by atoms with Crippen LogP contribution in [0.2, 0.25) is 0 Å². The van der Waals surface area contributed by atoms with Gasteiger partial charge in [-0.2, -0.15) is 13.2 Å². The molecule has 1 N–H and O–H groups in total. The van der Waals surface area contributed by atoms with E-state index in [1.807, 2.05) is 36.4 Å². The van der Waals surface area contributed by atoms with E-state index < -0.39 is 47.2 Å². The van der Waals surface area contributed by atoms with E-state index in [9.17, 15) is 26.7 Å². The third-order valence-corrected chi connectivity index (χ3v) is 7.38. The zero-order valence-electron chi connectivity index (χ0n) is 23.8. The van der Waals surface area contributed by atoms with Crippen LogP contribution in [0, 0.1) is 11.6 Å². The van der Waals surface area contributed by atoms with E-state index in [0.29, 0.717) is 18.8 Å². The largest absolute Gasteiger partial charge is 0.497 e. The Labute approximate surface area is 251 Å². The molecule has 1 aliphatic carbocycles. The number of nitrogens with zero attached hydrogens (tertiary/aromatic N) is 2. The number of benzene rings is 3. The average molecular weight is 612 g/mol. The van der Waals surface area contributed by atoms with Gasteiger partial charge in [0.15, 0.2) is 0 Å². The van der Waals surface area contributed by atoms with E-state index in [4.69, 9.17) is 9.47 Å². The van der Waals surface area contributed by atoms with E-state index >= 15 is 0 Å². The van der Waals surface area contributed by atoms with Gasteiger partial charge in [0.1, 0.15) is 28.7 Å². The molecule has 1 amide bonds. The topological polar surface area (TPSA) is 63.2 Å². The first kappa shape index (κ1) is 30.8. The second-order valence-electron chi connectivity index (χ2n) is 10.4. The summed E-state index contributed by atoms with van der Waals surface area (Å²) in [6, 6.07) is 16.4. The number of carbonyl (C=O) groups excluding carboxylic acids is 1. The van der Waals surface area contributed by atoms with Crippen molar-refractivity contribution in [3.63, 3.8) is 0 Å². The number of hydrogen-bond acceptors (Lipinski definition) is 5. The van der Waals surface area contributed by atoms with Crippen LogP contribution in [0.15, 0.2) is 95.6 Å².